The molecule has 3 N–H and O–H groups in total. The maximum absolute atomic E-state index is 13.9. The van der Waals surface area contributed by atoms with Crippen molar-refractivity contribution in [3.8, 4) is 0 Å². The van der Waals surface area contributed by atoms with Gasteiger partial charge in [-0.2, -0.15) is 0 Å². The van der Waals surface area contributed by atoms with Gasteiger partial charge < -0.3 is 44.2 Å². The molecule has 2 heterocycles. The number of fused-ring (bicyclic) bond motifs is 2. The van der Waals surface area contributed by atoms with Crippen LogP contribution in [0.1, 0.15) is 96.9 Å². The smallest absolute Gasteiger partial charge is 0.348 e. The first-order valence-corrected chi connectivity index (χ1v) is 21.4. The molecule has 3 aromatic rings. The fourth-order valence-electron chi connectivity index (χ4n) is 8.17. The minimum absolute atomic E-state index is 0.0179. The molecule has 7 rings (SSSR count). The van der Waals surface area contributed by atoms with Crippen LogP contribution in [0.3, 0.4) is 0 Å². The topological polar surface area (TPSA) is 202 Å². The van der Waals surface area contributed by atoms with Crippen molar-refractivity contribution in [1.82, 2.24) is 10.6 Å². The molecule has 64 heavy (non-hydrogen) atoms. The highest BCUT2D eigenvalue weighted by Crippen LogP contribution is 2.45. The molecule has 5 atom stereocenters. The molecular weight excluding hydrogens is 825 g/mol. The lowest BCUT2D eigenvalue weighted by atomic mass is 9.90. The monoisotopic (exact) mass is 878 g/mol. The van der Waals surface area contributed by atoms with Crippen LogP contribution in [0.5, 0.6) is 0 Å². The SMILES string of the molecule is CC(C)(C)OC(=O)CC[C@@H](CO)NC(=O)c1cccc(CNC(=O)C2=C[C@H]3OC4(Cc5ccccc5C4)O[C@H]3[C@H](OC(=O)c3cccc(C=CC(=O)O[C@H]4C(=O)OCC4(C)C)c3)C2)c1. The number of cyclic esters (lactones) is 1. The molecule has 0 bridgehead atoms. The van der Waals surface area contributed by atoms with Crippen molar-refractivity contribution in [1.29, 1.82) is 0 Å². The van der Waals surface area contributed by atoms with Gasteiger partial charge in [0.25, 0.3) is 5.91 Å². The molecule has 0 radical (unpaired) electrons. The molecule has 2 saturated heterocycles. The molecule has 0 saturated carbocycles. The van der Waals surface area contributed by atoms with E-state index in [0.29, 0.717) is 35.1 Å². The second-order valence-electron chi connectivity index (χ2n) is 18.3. The fourth-order valence-corrected chi connectivity index (χ4v) is 8.17. The second kappa shape index (κ2) is 18.9. The van der Waals surface area contributed by atoms with Crippen LogP contribution in [0.4, 0.5) is 0 Å². The molecule has 338 valence electrons. The van der Waals surface area contributed by atoms with Crippen molar-refractivity contribution in [2.45, 2.75) is 115 Å². The molecule has 1 spiro atoms. The molecule has 3 aromatic carbocycles. The number of carbonyl (C=O) groups excluding carboxylic acids is 6. The van der Waals surface area contributed by atoms with Gasteiger partial charge in [-0.25, -0.2) is 14.4 Å². The Labute approximate surface area is 371 Å². The summed E-state index contributed by atoms with van der Waals surface area (Å²) in [4.78, 5) is 77.8. The molecule has 2 fully saturated rings. The summed E-state index contributed by atoms with van der Waals surface area (Å²) in [5.74, 6) is -4.35. The number of nitrogens with one attached hydrogen (secondary N) is 2. The predicted octanol–water partition coefficient (Wildman–Crippen LogP) is 4.86. The molecule has 15 heteroatoms. The van der Waals surface area contributed by atoms with Crippen molar-refractivity contribution in [3.05, 3.63) is 124 Å². The van der Waals surface area contributed by atoms with Crippen LogP contribution in [0, 0.1) is 5.41 Å². The second-order valence-corrected chi connectivity index (χ2v) is 18.3. The Morgan fingerprint density at radius 2 is 1.62 bits per heavy atom. The van der Waals surface area contributed by atoms with Crippen molar-refractivity contribution in [2.75, 3.05) is 13.2 Å². The van der Waals surface area contributed by atoms with Gasteiger partial charge in [-0.05, 0) is 85.9 Å². The zero-order valence-corrected chi connectivity index (χ0v) is 36.6. The number of aliphatic hydroxyl groups excluding tert-OH is 1. The summed E-state index contributed by atoms with van der Waals surface area (Å²) in [5, 5.41) is 15.6. The number of hydrogen-bond donors (Lipinski definition) is 3. The minimum Gasteiger partial charge on any atom is -0.462 e. The number of ether oxygens (including phenoxy) is 6. The van der Waals surface area contributed by atoms with E-state index in [9.17, 15) is 33.9 Å². The molecule has 0 unspecified atom stereocenters. The highest BCUT2D eigenvalue weighted by atomic mass is 16.8. The number of hydrogen-bond acceptors (Lipinski definition) is 13. The van der Waals surface area contributed by atoms with Gasteiger partial charge in [0.2, 0.25) is 12.0 Å². The number of carbonyl (C=O) groups is 6. The van der Waals surface area contributed by atoms with Gasteiger partial charge in [0, 0.05) is 54.9 Å². The van der Waals surface area contributed by atoms with E-state index in [1.54, 1.807) is 89.2 Å². The van der Waals surface area contributed by atoms with Crippen LogP contribution in [0.15, 0.2) is 90.5 Å². The van der Waals surface area contributed by atoms with E-state index in [4.69, 9.17) is 28.4 Å². The van der Waals surface area contributed by atoms with Crippen LogP contribution in [-0.2, 0) is 67.0 Å². The van der Waals surface area contributed by atoms with E-state index < -0.39 is 83.0 Å². The Kier molecular flexibility index (Phi) is 13.5. The van der Waals surface area contributed by atoms with Crippen LogP contribution < -0.4 is 10.6 Å². The highest BCUT2D eigenvalue weighted by Gasteiger charge is 2.55. The fraction of sp³-hybridized carbons (Fsp3) is 0.429. The Morgan fingerprint density at radius 3 is 2.31 bits per heavy atom. The van der Waals surface area contributed by atoms with Gasteiger partial charge in [0.05, 0.1) is 18.2 Å². The zero-order chi connectivity index (χ0) is 45.8. The molecule has 2 aliphatic carbocycles. The van der Waals surface area contributed by atoms with Crippen LogP contribution in [0.2, 0.25) is 0 Å². The average molecular weight is 879 g/mol. The summed E-state index contributed by atoms with van der Waals surface area (Å²) >= 11 is 0. The third-order valence-electron chi connectivity index (χ3n) is 11.4. The first-order chi connectivity index (χ1) is 30.4. The Morgan fingerprint density at radius 1 is 0.906 bits per heavy atom. The Hall–Kier alpha value is -6.16. The largest absolute Gasteiger partial charge is 0.462 e. The van der Waals surface area contributed by atoms with Crippen molar-refractivity contribution in [2.24, 2.45) is 5.41 Å². The lowest BCUT2D eigenvalue weighted by molar-refractivity contribution is -0.172. The Balaban J connectivity index is 1.01. The van der Waals surface area contributed by atoms with Gasteiger partial charge >= 0.3 is 23.9 Å². The maximum Gasteiger partial charge on any atom is 0.348 e. The van der Waals surface area contributed by atoms with Gasteiger partial charge in [0.1, 0.15) is 30.5 Å². The van der Waals surface area contributed by atoms with E-state index in [-0.39, 0.29) is 44.6 Å². The highest BCUT2D eigenvalue weighted by molar-refractivity contribution is 5.96. The average Bonchev–Trinajstić information content (AvgIpc) is 3.89. The van der Waals surface area contributed by atoms with Crippen molar-refractivity contribution in [3.63, 3.8) is 0 Å². The summed E-state index contributed by atoms with van der Waals surface area (Å²) in [6.45, 7) is 8.65. The number of rotatable bonds is 14. The third-order valence-corrected chi connectivity index (χ3v) is 11.4. The molecule has 0 aromatic heterocycles. The minimum atomic E-state index is -1.04. The summed E-state index contributed by atoms with van der Waals surface area (Å²) in [5.41, 5.74) is 2.79. The summed E-state index contributed by atoms with van der Waals surface area (Å²) in [6.07, 6.45) is 2.15. The lowest BCUT2D eigenvalue weighted by Gasteiger charge is -2.30. The van der Waals surface area contributed by atoms with E-state index in [1.807, 2.05) is 24.3 Å². The van der Waals surface area contributed by atoms with E-state index >= 15 is 0 Å². The van der Waals surface area contributed by atoms with E-state index in [1.165, 1.54) is 12.2 Å². The third kappa shape index (κ3) is 11.1. The first-order valence-electron chi connectivity index (χ1n) is 21.4. The lowest BCUT2D eigenvalue weighted by Crippen LogP contribution is -2.43. The van der Waals surface area contributed by atoms with Crippen LogP contribution >= 0.6 is 0 Å². The number of esters is 4. The van der Waals surface area contributed by atoms with E-state index in [0.717, 1.165) is 11.1 Å². The molecule has 2 amide bonds. The Bertz CT molecular complexity index is 2340. The first kappa shape index (κ1) is 45.9. The standard InChI is InChI=1S/C49H54N2O13/c1-47(2,3)63-40(54)19-17-36(27-52)51-44(56)31-14-9-11-30(21-31)26-50-43(55)35-22-37(41-38(23-35)62-49(64-41)24-33-12-6-7-13-34(33)25-49)60-45(57)32-15-8-10-29(20-32)16-18-39(53)61-42-46(58)59-28-48(42,4)5/h6-16,18,20-21,23,36-38,41-42,52H,17,19,22,24-28H2,1-5H3,(H,50,55)(H,51,56)/t36-,37+,38+,41-,42-/m0/s1. The summed E-state index contributed by atoms with van der Waals surface area (Å²) in [7, 11) is 0. The maximum atomic E-state index is 13.9. The number of amides is 2. The number of aliphatic hydroxyl groups is 1. The van der Waals surface area contributed by atoms with Crippen LogP contribution in [-0.4, -0.2) is 95.9 Å². The van der Waals surface area contributed by atoms with Gasteiger partial charge in [-0.15, -0.1) is 0 Å². The summed E-state index contributed by atoms with van der Waals surface area (Å²) < 4.78 is 35.1. The van der Waals surface area contributed by atoms with Crippen LogP contribution in [0.25, 0.3) is 6.08 Å². The molecular formula is C49H54N2O13. The van der Waals surface area contributed by atoms with Crippen molar-refractivity contribution < 1.29 is 62.3 Å². The quantitative estimate of drug-likeness (QED) is 0.113. The van der Waals surface area contributed by atoms with Gasteiger partial charge in [-0.3, -0.25) is 14.4 Å². The normalized spacial score (nSPS) is 22.2. The van der Waals surface area contributed by atoms with Crippen molar-refractivity contribution >= 4 is 41.8 Å². The number of benzene rings is 3. The zero-order valence-electron chi connectivity index (χ0n) is 36.6. The van der Waals surface area contributed by atoms with Gasteiger partial charge in [0.15, 0.2) is 5.79 Å². The molecule has 2 aliphatic heterocycles. The summed E-state index contributed by atoms with van der Waals surface area (Å²) in [6, 6.07) is 20.4. The molecule has 15 nitrogen and oxygen atoms in total. The van der Waals surface area contributed by atoms with E-state index in [2.05, 4.69) is 10.6 Å². The predicted molar refractivity (Wildman–Crippen MR) is 230 cm³/mol. The molecule has 4 aliphatic rings. The van der Waals surface area contributed by atoms with Gasteiger partial charge in [-0.1, -0.05) is 62.4 Å².